The van der Waals surface area contributed by atoms with Gasteiger partial charge in [0.25, 0.3) is 0 Å². The summed E-state index contributed by atoms with van der Waals surface area (Å²) < 4.78 is 0. The molecule has 2 nitrogen and oxygen atoms in total. The van der Waals surface area contributed by atoms with Gasteiger partial charge in [0.15, 0.2) is 0 Å². The zero-order valence-corrected chi connectivity index (χ0v) is 9.36. The number of para-hydroxylation sites is 1. The summed E-state index contributed by atoms with van der Waals surface area (Å²) >= 11 is 0. The molecular weight excluding hydrogens is 186 g/mol. The molecule has 0 fully saturated rings. The number of hydrogen-bond donors (Lipinski definition) is 0. The van der Waals surface area contributed by atoms with Gasteiger partial charge < -0.3 is 4.90 Å². The summed E-state index contributed by atoms with van der Waals surface area (Å²) in [6, 6.07) is 8.27. The second-order valence-electron chi connectivity index (χ2n) is 4.12. The molecule has 2 heteroatoms. The first-order valence-electron chi connectivity index (χ1n) is 5.61. The molecule has 0 aromatic heterocycles. The largest absolute Gasteiger partial charge is 0.312 e. The molecule has 0 saturated heterocycles. The van der Waals surface area contributed by atoms with E-state index in [1.165, 1.54) is 5.56 Å². The number of anilines is 1. The van der Waals surface area contributed by atoms with Crippen molar-refractivity contribution in [3.63, 3.8) is 0 Å². The summed E-state index contributed by atoms with van der Waals surface area (Å²) in [5.41, 5.74) is 2.45. The van der Waals surface area contributed by atoms with Crippen molar-refractivity contribution < 1.29 is 4.79 Å². The SMILES string of the molecule is CCC1CCN(C(C)=O)c2ccccc21. The highest BCUT2D eigenvalue weighted by atomic mass is 16.2. The Hall–Kier alpha value is -1.31. The molecule has 80 valence electrons. The number of hydrogen-bond acceptors (Lipinski definition) is 1. The van der Waals surface area contributed by atoms with Crippen molar-refractivity contribution in [2.24, 2.45) is 0 Å². The third-order valence-electron chi connectivity index (χ3n) is 3.24. The van der Waals surface area contributed by atoms with Crippen LogP contribution in [0.5, 0.6) is 0 Å². The summed E-state index contributed by atoms with van der Waals surface area (Å²) in [6.45, 7) is 4.72. The van der Waals surface area contributed by atoms with Gasteiger partial charge in [0.2, 0.25) is 5.91 Å². The monoisotopic (exact) mass is 203 g/mol. The van der Waals surface area contributed by atoms with Crippen molar-refractivity contribution in [2.75, 3.05) is 11.4 Å². The van der Waals surface area contributed by atoms with Crippen molar-refractivity contribution in [3.05, 3.63) is 29.8 Å². The Morgan fingerprint density at radius 2 is 2.20 bits per heavy atom. The zero-order chi connectivity index (χ0) is 10.8. The molecule has 0 bridgehead atoms. The third kappa shape index (κ3) is 1.76. The Morgan fingerprint density at radius 3 is 2.87 bits per heavy atom. The lowest BCUT2D eigenvalue weighted by Crippen LogP contribution is -2.34. The third-order valence-corrected chi connectivity index (χ3v) is 3.24. The van der Waals surface area contributed by atoms with E-state index < -0.39 is 0 Å². The molecule has 1 heterocycles. The quantitative estimate of drug-likeness (QED) is 0.687. The number of fused-ring (bicyclic) bond motifs is 1. The first kappa shape index (κ1) is 10.2. The van der Waals surface area contributed by atoms with Crippen molar-refractivity contribution in [3.8, 4) is 0 Å². The van der Waals surface area contributed by atoms with Gasteiger partial charge in [-0.15, -0.1) is 0 Å². The number of carbonyl (C=O) groups excluding carboxylic acids is 1. The molecule has 0 N–H and O–H groups in total. The molecule has 15 heavy (non-hydrogen) atoms. The molecule has 1 atom stereocenters. The molecule has 0 aliphatic carbocycles. The minimum Gasteiger partial charge on any atom is -0.312 e. The maximum Gasteiger partial charge on any atom is 0.223 e. The molecule has 1 aromatic carbocycles. The number of nitrogens with zero attached hydrogens (tertiary/aromatic N) is 1. The summed E-state index contributed by atoms with van der Waals surface area (Å²) in [5, 5.41) is 0. The molecule has 0 radical (unpaired) electrons. The topological polar surface area (TPSA) is 20.3 Å². The van der Waals surface area contributed by atoms with Crippen LogP contribution in [0.25, 0.3) is 0 Å². The first-order chi connectivity index (χ1) is 7.24. The highest BCUT2D eigenvalue weighted by Crippen LogP contribution is 2.36. The van der Waals surface area contributed by atoms with E-state index in [9.17, 15) is 4.79 Å². The highest BCUT2D eigenvalue weighted by molar-refractivity contribution is 5.92. The highest BCUT2D eigenvalue weighted by Gasteiger charge is 2.25. The van der Waals surface area contributed by atoms with Crippen LogP contribution in [0.1, 0.15) is 38.2 Å². The van der Waals surface area contributed by atoms with E-state index in [2.05, 4.69) is 25.1 Å². The number of carbonyl (C=O) groups is 1. The average molecular weight is 203 g/mol. The Labute approximate surface area is 90.9 Å². The van der Waals surface area contributed by atoms with Crippen LogP contribution in [0, 0.1) is 0 Å². The number of benzene rings is 1. The van der Waals surface area contributed by atoms with Crippen LogP contribution < -0.4 is 4.90 Å². The van der Waals surface area contributed by atoms with Crippen molar-refractivity contribution in [1.82, 2.24) is 0 Å². The van der Waals surface area contributed by atoms with E-state index in [4.69, 9.17) is 0 Å². The lowest BCUT2D eigenvalue weighted by Gasteiger charge is -2.33. The fourth-order valence-corrected chi connectivity index (χ4v) is 2.39. The summed E-state index contributed by atoms with van der Waals surface area (Å²) in [6.07, 6.45) is 2.25. The molecular formula is C13H17NO. The summed E-state index contributed by atoms with van der Waals surface area (Å²) in [4.78, 5) is 13.4. The van der Waals surface area contributed by atoms with Crippen molar-refractivity contribution in [2.45, 2.75) is 32.6 Å². The normalized spacial score (nSPS) is 19.9. The van der Waals surface area contributed by atoms with Crippen LogP contribution in [-0.2, 0) is 4.79 Å². The standard InChI is InChI=1S/C13H17NO/c1-3-11-8-9-14(10(2)15)13-7-5-4-6-12(11)13/h4-7,11H,3,8-9H2,1-2H3. The average Bonchev–Trinajstić information content (AvgIpc) is 2.27. The van der Waals surface area contributed by atoms with Gasteiger partial charge in [0.05, 0.1) is 0 Å². The second-order valence-corrected chi connectivity index (χ2v) is 4.12. The fourth-order valence-electron chi connectivity index (χ4n) is 2.39. The second kappa shape index (κ2) is 4.05. The molecule has 1 aliphatic rings. The lowest BCUT2D eigenvalue weighted by atomic mass is 9.88. The van der Waals surface area contributed by atoms with E-state index in [1.807, 2.05) is 11.0 Å². The Kier molecular flexibility index (Phi) is 2.76. The minimum atomic E-state index is 0.150. The minimum absolute atomic E-state index is 0.150. The van der Waals surface area contributed by atoms with Gasteiger partial charge in [-0.3, -0.25) is 4.79 Å². The molecule has 2 rings (SSSR count). The van der Waals surface area contributed by atoms with E-state index in [1.54, 1.807) is 6.92 Å². The number of rotatable bonds is 1. The van der Waals surface area contributed by atoms with Gasteiger partial charge in [-0.2, -0.15) is 0 Å². The molecule has 1 aliphatic heterocycles. The Balaban J connectivity index is 2.43. The molecule has 1 aromatic rings. The molecule has 1 amide bonds. The maximum atomic E-state index is 11.5. The van der Waals surface area contributed by atoms with E-state index in [0.29, 0.717) is 5.92 Å². The Bertz CT molecular complexity index is 373. The van der Waals surface area contributed by atoms with Crippen LogP contribution >= 0.6 is 0 Å². The van der Waals surface area contributed by atoms with Crippen LogP contribution in [0.4, 0.5) is 5.69 Å². The van der Waals surface area contributed by atoms with E-state index in [0.717, 1.165) is 25.1 Å². The molecule has 0 spiro atoms. The van der Waals surface area contributed by atoms with Gasteiger partial charge in [-0.05, 0) is 30.4 Å². The van der Waals surface area contributed by atoms with Gasteiger partial charge in [0, 0.05) is 19.2 Å². The van der Waals surface area contributed by atoms with E-state index >= 15 is 0 Å². The van der Waals surface area contributed by atoms with Crippen LogP contribution in [0.2, 0.25) is 0 Å². The fraction of sp³-hybridized carbons (Fsp3) is 0.462. The van der Waals surface area contributed by atoms with Crippen LogP contribution in [0.15, 0.2) is 24.3 Å². The van der Waals surface area contributed by atoms with Gasteiger partial charge >= 0.3 is 0 Å². The zero-order valence-electron chi connectivity index (χ0n) is 9.36. The molecule has 0 saturated carbocycles. The molecule has 1 unspecified atom stereocenters. The van der Waals surface area contributed by atoms with Crippen molar-refractivity contribution >= 4 is 11.6 Å². The smallest absolute Gasteiger partial charge is 0.223 e. The van der Waals surface area contributed by atoms with Crippen LogP contribution in [0.3, 0.4) is 0 Å². The van der Waals surface area contributed by atoms with E-state index in [-0.39, 0.29) is 5.91 Å². The first-order valence-corrected chi connectivity index (χ1v) is 5.61. The van der Waals surface area contributed by atoms with Crippen LogP contribution in [-0.4, -0.2) is 12.5 Å². The Morgan fingerprint density at radius 1 is 1.47 bits per heavy atom. The number of amides is 1. The predicted octanol–water partition coefficient (Wildman–Crippen LogP) is 2.94. The maximum absolute atomic E-state index is 11.5. The van der Waals surface area contributed by atoms with Gasteiger partial charge in [0.1, 0.15) is 0 Å². The predicted molar refractivity (Wildman–Crippen MR) is 62.1 cm³/mol. The van der Waals surface area contributed by atoms with Gasteiger partial charge in [-0.1, -0.05) is 25.1 Å². The summed E-state index contributed by atoms with van der Waals surface area (Å²) in [5.74, 6) is 0.772. The summed E-state index contributed by atoms with van der Waals surface area (Å²) in [7, 11) is 0. The lowest BCUT2D eigenvalue weighted by molar-refractivity contribution is -0.116. The van der Waals surface area contributed by atoms with Crippen molar-refractivity contribution in [1.29, 1.82) is 0 Å². The van der Waals surface area contributed by atoms with Gasteiger partial charge in [-0.25, -0.2) is 0 Å².